The van der Waals surface area contributed by atoms with Crippen LogP contribution in [0.1, 0.15) is 160 Å². The summed E-state index contributed by atoms with van der Waals surface area (Å²) in [5.74, 6) is -3.63. The second-order valence-electron chi connectivity index (χ2n) is 30.6. The number of nitrogens with zero attached hydrogens (tertiary/aromatic N) is 5. The van der Waals surface area contributed by atoms with Crippen molar-refractivity contribution in [3.63, 3.8) is 0 Å². The number of unbranched alkanes of at least 4 members (excludes halogenated alkanes) is 2. The minimum atomic E-state index is -1.97. The van der Waals surface area contributed by atoms with Crippen LogP contribution in [-0.4, -0.2) is 146 Å². The monoisotopic (exact) mass is 1620 g/mol. The quantitative estimate of drug-likeness (QED) is 0.0122. The van der Waals surface area contributed by atoms with Gasteiger partial charge in [0.1, 0.15) is 50.9 Å². The number of benzene rings is 4. The lowest BCUT2D eigenvalue weighted by Gasteiger charge is -2.36. The molecule has 8 aromatic rings. The molecule has 616 valence electrons. The number of amides is 5. The van der Waals surface area contributed by atoms with Crippen LogP contribution in [0.2, 0.25) is 0 Å². The molecule has 1 fully saturated rings. The topological polar surface area (TPSA) is 375 Å². The molecule has 5 aliphatic heterocycles. The van der Waals surface area contributed by atoms with Gasteiger partial charge < -0.3 is 73.0 Å². The van der Waals surface area contributed by atoms with Crippen molar-refractivity contribution in [2.45, 2.75) is 195 Å². The molecule has 4 aromatic carbocycles. The van der Waals surface area contributed by atoms with Crippen molar-refractivity contribution in [2.75, 3.05) is 44.5 Å². The van der Waals surface area contributed by atoms with Crippen LogP contribution >= 0.6 is 11.8 Å². The lowest BCUT2D eigenvalue weighted by molar-refractivity contribution is -0.190. The highest BCUT2D eigenvalue weighted by Crippen LogP contribution is 2.44. The first-order chi connectivity index (χ1) is 55.8. The highest BCUT2D eigenvalue weighted by molar-refractivity contribution is 8.00. The Hall–Kier alpha value is -12.0. The van der Waals surface area contributed by atoms with Gasteiger partial charge in [-0.2, -0.15) is 11.8 Å². The van der Waals surface area contributed by atoms with Gasteiger partial charge >= 0.3 is 42.2 Å². The van der Waals surface area contributed by atoms with Crippen LogP contribution in [0.3, 0.4) is 0 Å². The molecule has 30 nitrogen and oxygen atoms in total. The summed E-state index contributed by atoms with van der Waals surface area (Å²) in [5.41, 5.74) is 7.18. The van der Waals surface area contributed by atoms with Crippen molar-refractivity contribution < 1.29 is 90.6 Å². The largest absolute Gasteiger partial charge is 0.513 e. The number of anilines is 1. The molecule has 4 aromatic heterocycles. The van der Waals surface area contributed by atoms with E-state index in [1.807, 2.05) is 92.9 Å². The molecule has 4 N–H and O–H groups in total. The summed E-state index contributed by atoms with van der Waals surface area (Å²) in [4.78, 5) is 167. The first-order valence-corrected chi connectivity index (χ1v) is 40.2. The fourth-order valence-electron chi connectivity index (χ4n) is 15.1. The van der Waals surface area contributed by atoms with Crippen LogP contribution in [-0.2, 0) is 122 Å². The minimum absolute atomic E-state index is 0.00140. The summed E-state index contributed by atoms with van der Waals surface area (Å²) >= 11 is 1.38. The molecule has 5 aliphatic rings. The predicted octanol–water partition coefficient (Wildman–Crippen LogP) is 11.0. The number of fused-ring (bicyclic) bond motifs is 10. The molecule has 0 aliphatic carbocycles. The maximum Gasteiger partial charge on any atom is 0.513 e. The SMILES string of the molecule is CC[C@@]1(OC(=O)C(C)NC(=O)OCc2cc(C)c(NC(C)(C)C)c(C)c2)C(=O)OCc2c1cc1n(c2=O)Cc2cc3ccccc3nc2-1.CC[C@@]1(OC(=O)C(C)NC(=O)OCc2cc(C)c(OC(=O)OCCOCCNC(=O)CCCCCN3C(=O)CC(SC)C3=O)c(C)c2)C(=O)OCc2c1cc1n(c2=O)Cc2cc3ccccc3nc2-1. The molecule has 0 saturated carbocycles. The van der Waals surface area contributed by atoms with E-state index < -0.39 is 65.5 Å². The molecule has 1 saturated heterocycles. The maximum absolute atomic E-state index is 13.9. The number of alkyl carbamates (subject to hydrolysis) is 2. The molecule has 0 bridgehead atoms. The number of aryl methyl sites for hydroxylation is 4. The summed E-state index contributed by atoms with van der Waals surface area (Å²) in [6.07, 6.45) is 1.56. The zero-order valence-electron chi connectivity index (χ0n) is 67.4. The van der Waals surface area contributed by atoms with Crippen LogP contribution in [0.25, 0.3) is 44.6 Å². The van der Waals surface area contributed by atoms with Gasteiger partial charge in [-0.1, -0.05) is 68.8 Å². The fraction of sp³-hybridized carbons (Fsp3) is 0.419. The zero-order chi connectivity index (χ0) is 83.9. The van der Waals surface area contributed by atoms with Crippen molar-refractivity contribution in [2.24, 2.45) is 0 Å². The number of aromatic nitrogens is 4. The highest BCUT2D eigenvalue weighted by Gasteiger charge is 2.53. The average Bonchev–Trinajstić information content (AvgIpc) is 1.70. The third kappa shape index (κ3) is 18.3. The number of cyclic esters (lactones) is 2. The molecule has 31 heteroatoms. The molecule has 0 radical (unpaired) electrons. The van der Waals surface area contributed by atoms with Gasteiger partial charge in [0.25, 0.3) is 11.1 Å². The van der Waals surface area contributed by atoms with Crippen LogP contribution in [0.4, 0.5) is 20.1 Å². The molecule has 117 heavy (non-hydrogen) atoms. The Balaban J connectivity index is 0.000000229. The Morgan fingerprint density at radius 1 is 0.615 bits per heavy atom. The van der Waals surface area contributed by atoms with Gasteiger partial charge in [0.2, 0.25) is 28.9 Å². The Morgan fingerprint density at radius 3 is 1.57 bits per heavy atom. The summed E-state index contributed by atoms with van der Waals surface area (Å²) < 4.78 is 52.7. The van der Waals surface area contributed by atoms with Crippen LogP contribution in [0, 0.1) is 27.7 Å². The lowest BCUT2D eigenvalue weighted by Crippen LogP contribution is -2.50. The Morgan fingerprint density at radius 2 is 1.10 bits per heavy atom. The summed E-state index contributed by atoms with van der Waals surface area (Å²) in [7, 11) is 0. The van der Waals surface area contributed by atoms with Crippen molar-refractivity contribution in [1.29, 1.82) is 0 Å². The van der Waals surface area contributed by atoms with Crippen molar-refractivity contribution >= 4 is 99.2 Å². The highest BCUT2D eigenvalue weighted by atomic mass is 32.2. The zero-order valence-corrected chi connectivity index (χ0v) is 68.2. The predicted molar refractivity (Wildman–Crippen MR) is 430 cm³/mol. The normalized spacial score (nSPS) is 17.3. The molecule has 3 unspecified atom stereocenters. The molecular weight excluding hydrogens is 1530 g/mol. The fourth-order valence-corrected chi connectivity index (χ4v) is 15.7. The number of carbonyl (C=O) groups excluding carboxylic acids is 10. The first kappa shape index (κ1) is 84.4. The Kier molecular flexibility index (Phi) is 25.7. The number of ether oxygens (including phenoxy) is 9. The van der Waals surface area contributed by atoms with E-state index in [2.05, 4.69) is 42.0 Å². The van der Waals surface area contributed by atoms with E-state index in [0.29, 0.717) is 78.2 Å². The number of carbonyl (C=O) groups is 10. The second kappa shape index (κ2) is 35.6. The van der Waals surface area contributed by atoms with E-state index >= 15 is 0 Å². The van der Waals surface area contributed by atoms with E-state index in [-0.39, 0.29) is 146 Å². The number of hydrogen-bond acceptors (Lipinski definition) is 25. The number of nitrogens with one attached hydrogen (secondary N) is 4. The second-order valence-corrected chi connectivity index (χ2v) is 31.6. The van der Waals surface area contributed by atoms with Gasteiger partial charge in [-0.25, -0.2) is 43.5 Å². The number of likely N-dealkylation sites (tertiary alicyclic amines) is 1. The number of thioether (sulfide) groups is 1. The van der Waals surface area contributed by atoms with E-state index in [0.717, 1.165) is 55.3 Å². The van der Waals surface area contributed by atoms with E-state index in [4.69, 9.17) is 52.6 Å². The molecule has 5 atom stereocenters. The molecule has 13 rings (SSSR count). The Labute approximate surface area is 678 Å². The third-order valence-corrected chi connectivity index (χ3v) is 22.0. The van der Waals surface area contributed by atoms with Crippen LogP contribution in [0.15, 0.2) is 107 Å². The Bertz CT molecular complexity index is 5390. The molecule has 5 amide bonds. The van der Waals surface area contributed by atoms with Crippen molar-refractivity contribution in [3.05, 3.63) is 185 Å². The first-order valence-electron chi connectivity index (χ1n) is 38.9. The smallest absolute Gasteiger partial charge is 0.457 e. The third-order valence-electron chi connectivity index (χ3n) is 21.0. The number of rotatable bonds is 27. The minimum Gasteiger partial charge on any atom is -0.457 e. The van der Waals surface area contributed by atoms with Gasteiger partial charge in [-0.3, -0.25) is 28.9 Å². The van der Waals surface area contributed by atoms with E-state index in [1.165, 1.54) is 30.5 Å². The molecule has 9 heterocycles. The number of pyridine rings is 4. The average molecular weight is 1620 g/mol. The summed E-state index contributed by atoms with van der Waals surface area (Å²) in [5, 5.41) is 12.8. The summed E-state index contributed by atoms with van der Waals surface area (Å²) in [6.45, 7) is 20.4. The van der Waals surface area contributed by atoms with Crippen LogP contribution < -0.4 is 37.1 Å². The molecular formula is C86H95N9O21S. The van der Waals surface area contributed by atoms with Gasteiger partial charge in [0, 0.05) is 70.2 Å². The van der Waals surface area contributed by atoms with Crippen molar-refractivity contribution in [1.82, 2.24) is 40.0 Å². The van der Waals surface area contributed by atoms with Gasteiger partial charge in [-0.15, -0.1) is 0 Å². The number of esters is 4. The van der Waals surface area contributed by atoms with E-state index in [1.54, 1.807) is 61.1 Å². The van der Waals surface area contributed by atoms with Crippen molar-refractivity contribution in [3.8, 4) is 28.5 Å². The van der Waals surface area contributed by atoms with Gasteiger partial charge in [0.05, 0.1) is 76.5 Å². The number of para-hydroxylation sites is 2. The van der Waals surface area contributed by atoms with Gasteiger partial charge in [0.15, 0.2) is 0 Å². The lowest BCUT2D eigenvalue weighted by atomic mass is 9.85. The maximum atomic E-state index is 13.9. The molecule has 0 spiro atoms. The number of imide groups is 1. The number of hydrogen-bond donors (Lipinski definition) is 4. The van der Waals surface area contributed by atoms with Gasteiger partial charge in [-0.05, 0) is 176 Å². The van der Waals surface area contributed by atoms with Crippen LogP contribution in [0.5, 0.6) is 5.75 Å². The van der Waals surface area contributed by atoms with E-state index in [9.17, 15) is 57.5 Å². The standard InChI is InChI=1S/C49H55N5O14S.C37H40N4O7/c1-6-49(35-23-37-41-33(22-32-12-9-10-13-36(32)52-41)25-54(37)43(57)34(35)27-65-46(49)60)68-45(59)30(4)51-47(61)66-26-31-20-28(2)42(29(3)21-31)67-48(62)64-19-18-63-17-15-50-39(55)14-8-7-11-16-53-40(56)24-38(69-5)44(53)58;1-8-37(48-33(43)22(4)38-35(45)47-18-23-13-20(2)30(21(3)14-23)40-36(5,6)7)27-16-29-31-25(15-24-11-9-10-12-28(24)39-31)17-41(29)32(42)26(27)19-46-34(37)44/h9-10,12-13,20-23,30,38H,6-8,11,14-19,24-27H2,1-5H3,(H,50,55)(H,51,61);9-16,22,40H,8,17-19H2,1-7H3,(H,38,45)/t30?,38?,49-;22?,37-/m00/s1. The summed E-state index contributed by atoms with van der Waals surface area (Å²) in [6, 6.07) is 27.4.